The zero-order chi connectivity index (χ0) is 21.3. The van der Waals surface area contributed by atoms with Gasteiger partial charge in [-0.1, -0.05) is 54.2 Å². The molecule has 6 heteroatoms. The summed E-state index contributed by atoms with van der Waals surface area (Å²) in [5.41, 5.74) is 2.48. The normalized spacial score (nSPS) is 13.9. The van der Waals surface area contributed by atoms with Gasteiger partial charge in [-0.25, -0.2) is 9.29 Å². The van der Waals surface area contributed by atoms with Gasteiger partial charge in [-0.3, -0.25) is 9.59 Å². The minimum Gasteiger partial charge on any atom is -0.348 e. The van der Waals surface area contributed by atoms with Crippen LogP contribution in [0, 0.1) is 19.7 Å². The maximum atomic E-state index is 14.3. The number of aryl methyl sites for hydroxylation is 2. The number of anilines is 2. The molecule has 0 bridgehead atoms. The number of rotatable bonds is 5. The molecular formula is C24H19FN2O2S. The molecule has 1 aliphatic rings. The summed E-state index contributed by atoms with van der Waals surface area (Å²) < 4.78 is 14.3. The average Bonchev–Trinajstić information content (AvgIpc) is 2.96. The molecule has 0 unspecified atom stereocenters. The summed E-state index contributed by atoms with van der Waals surface area (Å²) in [5, 5.41) is 2.87. The lowest BCUT2D eigenvalue weighted by atomic mass is 10.1. The fourth-order valence-corrected chi connectivity index (χ4v) is 4.15. The fraction of sp³-hybridized carbons (Fsp3) is 0.0833. The molecule has 4 rings (SSSR count). The van der Waals surface area contributed by atoms with E-state index in [-0.39, 0.29) is 16.3 Å². The van der Waals surface area contributed by atoms with Crippen molar-refractivity contribution in [1.82, 2.24) is 0 Å². The van der Waals surface area contributed by atoms with E-state index in [1.165, 1.54) is 23.9 Å². The number of benzene rings is 3. The van der Waals surface area contributed by atoms with Gasteiger partial charge < -0.3 is 5.32 Å². The Kier molecular flexibility index (Phi) is 5.42. The van der Waals surface area contributed by atoms with Gasteiger partial charge in [0.1, 0.15) is 16.4 Å². The van der Waals surface area contributed by atoms with Crippen LogP contribution in [-0.2, 0) is 9.59 Å². The summed E-state index contributed by atoms with van der Waals surface area (Å²) in [5.74, 6) is -1.43. The van der Waals surface area contributed by atoms with Gasteiger partial charge >= 0.3 is 0 Å². The first-order valence-corrected chi connectivity index (χ1v) is 10.2. The molecule has 1 aliphatic heterocycles. The summed E-state index contributed by atoms with van der Waals surface area (Å²) in [4.78, 5) is 28.9. The number of thioether (sulfide) groups is 1. The second kappa shape index (κ2) is 8.16. The summed E-state index contributed by atoms with van der Waals surface area (Å²) in [6.45, 7) is 3.75. The van der Waals surface area contributed by atoms with Gasteiger partial charge in [0.15, 0.2) is 0 Å². The molecule has 0 aliphatic carbocycles. The van der Waals surface area contributed by atoms with Gasteiger partial charge in [-0.2, -0.15) is 0 Å². The third kappa shape index (κ3) is 3.74. The van der Waals surface area contributed by atoms with Gasteiger partial charge in [-0.05, 0) is 55.3 Å². The number of nitrogens with zero attached hydrogens (tertiary/aromatic N) is 1. The third-order valence-electron chi connectivity index (χ3n) is 4.74. The minimum absolute atomic E-state index is 0.0693. The first-order valence-electron chi connectivity index (χ1n) is 9.40. The van der Waals surface area contributed by atoms with Crippen LogP contribution in [-0.4, -0.2) is 11.8 Å². The Morgan fingerprint density at radius 1 is 0.867 bits per heavy atom. The van der Waals surface area contributed by atoms with E-state index in [9.17, 15) is 14.0 Å². The number of amides is 2. The van der Waals surface area contributed by atoms with Crippen LogP contribution in [0.4, 0.5) is 15.8 Å². The monoisotopic (exact) mass is 418 g/mol. The van der Waals surface area contributed by atoms with E-state index in [1.54, 1.807) is 12.1 Å². The van der Waals surface area contributed by atoms with Gasteiger partial charge in [-0.15, -0.1) is 0 Å². The van der Waals surface area contributed by atoms with Crippen molar-refractivity contribution >= 4 is 35.0 Å². The number of carbonyl (C=O) groups is 2. The Hall–Kier alpha value is -3.38. The molecule has 0 fully saturated rings. The maximum absolute atomic E-state index is 14.3. The Balaban J connectivity index is 1.79. The molecule has 1 heterocycles. The molecule has 1 N–H and O–H groups in total. The van der Waals surface area contributed by atoms with Crippen molar-refractivity contribution in [2.45, 2.75) is 18.7 Å². The van der Waals surface area contributed by atoms with E-state index in [0.29, 0.717) is 5.69 Å². The molecule has 0 radical (unpaired) electrons. The molecule has 3 aromatic carbocycles. The summed E-state index contributed by atoms with van der Waals surface area (Å²) in [6.07, 6.45) is 0. The summed E-state index contributed by atoms with van der Waals surface area (Å²) in [7, 11) is 0. The van der Waals surface area contributed by atoms with Crippen molar-refractivity contribution in [3.63, 3.8) is 0 Å². The van der Waals surface area contributed by atoms with E-state index >= 15 is 0 Å². The Labute approximate surface area is 178 Å². The molecule has 150 valence electrons. The van der Waals surface area contributed by atoms with E-state index in [1.807, 2.05) is 62.4 Å². The zero-order valence-corrected chi connectivity index (χ0v) is 17.3. The number of carbonyl (C=O) groups excluding carboxylic acids is 2. The van der Waals surface area contributed by atoms with Crippen LogP contribution in [0.25, 0.3) is 0 Å². The molecule has 0 saturated carbocycles. The highest BCUT2D eigenvalue weighted by molar-refractivity contribution is 8.04. The van der Waals surface area contributed by atoms with Crippen LogP contribution in [0.5, 0.6) is 0 Å². The highest BCUT2D eigenvalue weighted by Crippen LogP contribution is 2.39. The van der Waals surface area contributed by atoms with Gasteiger partial charge in [0.2, 0.25) is 0 Å². The number of para-hydroxylation sites is 1. The topological polar surface area (TPSA) is 49.4 Å². The number of imide groups is 1. The first kappa shape index (κ1) is 19.9. The van der Waals surface area contributed by atoms with Crippen molar-refractivity contribution < 1.29 is 14.0 Å². The van der Waals surface area contributed by atoms with Crippen LogP contribution in [0.15, 0.2) is 88.3 Å². The Morgan fingerprint density at radius 3 is 2.30 bits per heavy atom. The molecule has 3 aromatic rings. The minimum atomic E-state index is -0.504. The summed E-state index contributed by atoms with van der Waals surface area (Å²) in [6, 6.07) is 21.0. The smallest absolute Gasteiger partial charge is 0.283 e. The Morgan fingerprint density at radius 2 is 1.57 bits per heavy atom. The van der Waals surface area contributed by atoms with Crippen molar-refractivity contribution in [3.05, 3.63) is 100 Å². The molecule has 4 nitrogen and oxygen atoms in total. The van der Waals surface area contributed by atoms with Crippen molar-refractivity contribution in [2.24, 2.45) is 0 Å². The second-order valence-corrected chi connectivity index (χ2v) is 8.04. The molecule has 0 spiro atoms. The predicted molar refractivity (Wildman–Crippen MR) is 118 cm³/mol. The van der Waals surface area contributed by atoms with Gasteiger partial charge in [0, 0.05) is 4.90 Å². The van der Waals surface area contributed by atoms with Crippen LogP contribution >= 0.6 is 11.8 Å². The number of hydrogen-bond donors (Lipinski definition) is 1. The van der Waals surface area contributed by atoms with Crippen molar-refractivity contribution in [3.8, 4) is 0 Å². The lowest BCUT2D eigenvalue weighted by Gasteiger charge is -2.18. The van der Waals surface area contributed by atoms with E-state index in [0.717, 1.165) is 20.9 Å². The molecule has 30 heavy (non-hydrogen) atoms. The SMILES string of the molecule is Cc1ccc(C)c(N2C(=O)C(Nc3ccccc3F)=C(Sc3ccccc3)C2=O)c1. The fourth-order valence-electron chi connectivity index (χ4n) is 3.20. The standard InChI is InChI=1S/C24H19FN2O2S/c1-15-12-13-16(2)20(14-15)27-23(28)21(26-19-11-7-6-10-18(19)25)22(24(27)29)30-17-8-4-3-5-9-17/h3-14,26H,1-2H3. The van der Waals surface area contributed by atoms with E-state index in [4.69, 9.17) is 0 Å². The number of halogens is 1. The van der Waals surface area contributed by atoms with Gasteiger partial charge in [0.05, 0.1) is 11.4 Å². The van der Waals surface area contributed by atoms with Crippen LogP contribution in [0.1, 0.15) is 11.1 Å². The quantitative estimate of drug-likeness (QED) is 0.561. The van der Waals surface area contributed by atoms with Gasteiger partial charge in [0.25, 0.3) is 11.8 Å². The van der Waals surface area contributed by atoms with Crippen molar-refractivity contribution in [2.75, 3.05) is 10.2 Å². The number of nitrogens with one attached hydrogen (secondary N) is 1. The zero-order valence-electron chi connectivity index (χ0n) is 16.5. The lowest BCUT2D eigenvalue weighted by molar-refractivity contribution is -0.120. The molecule has 0 saturated heterocycles. The molecule has 2 amide bonds. The lowest BCUT2D eigenvalue weighted by Crippen LogP contribution is -2.33. The maximum Gasteiger partial charge on any atom is 0.283 e. The van der Waals surface area contributed by atoms with Crippen LogP contribution in [0.2, 0.25) is 0 Å². The van der Waals surface area contributed by atoms with E-state index in [2.05, 4.69) is 5.32 Å². The molecule has 0 atom stereocenters. The summed E-state index contributed by atoms with van der Waals surface area (Å²) >= 11 is 1.19. The Bertz CT molecular complexity index is 1170. The van der Waals surface area contributed by atoms with Crippen LogP contribution < -0.4 is 10.2 Å². The molecule has 0 aromatic heterocycles. The first-order chi connectivity index (χ1) is 14.5. The van der Waals surface area contributed by atoms with Crippen molar-refractivity contribution in [1.29, 1.82) is 0 Å². The molecular weight excluding hydrogens is 399 g/mol. The number of hydrogen-bond acceptors (Lipinski definition) is 4. The van der Waals surface area contributed by atoms with Crippen LogP contribution in [0.3, 0.4) is 0 Å². The van der Waals surface area contributed by atoms with E-state index < -0.39 is 17.6 Å². The average molecular weight is 418 g/mol. The third-order valence-corrected chi connectivity index (χ3v) is 5.83. The highest BCUT2D eigenvalue weighted by Gasteiger charge is 2.41. The second-order valence-electron chi connectivity index (χ2n) is 6.96. The highest BCUT2D eigenvalue weighted by atomic mass is 32.2. The predicted octanol–water partition coefficient (Wildman–Crippen LogP) is 5.43. The largest absolute Gasteiger partial charge is 0.348 e.